The van der Waals surface area contributed by atoms with Crippen molar-refractivity contribution in [3.8, 4) is 5.75 Å². The third kappa shape index (κ3) is 4.24. The van der Waals surface area contributed by atoms with Crippen molar-refractivity contribution < 1.29 is 17.9 Å². The summed E-state index contributed by atoms with van der Waals surface area (Å²) in [5.41, 5.74) is -0.0510. The van der Waals surface area contributed by atoms with E-state index in [1.54, 1.807) is 30.5 Å². The first kappa shape index (κ1) is 19.4. The maximum atomic E-state index is 12.7. The number of aromatic amines is 2. The van der Waals surface area contributed by atoms with Crippen LogP contribution in [0.2, 0.25) is 0 Å². The topological polar surface area (TPSA) is 106 Å². The summed E-state index contributed by atoms with van der Waals surface area (Å²) in [7, 11) is 0. The molecule has 4 aromatic rings. The third-order valence-corrected chi connectivity index (χ3v) is 4.23. The summed E-state index contributed by atoms with van der Waals surface area (Å²) < 4.78 is 42.1. The van der Waals surface area contributed by atoms with Gasteiger partial charge in [-0.05, 0) is 29.8 Å². The van der Waals surface area contributed by atoms with Gasteiger partial charge in [0.25, 0.3) is 5.56 Å². The van der Waals surface area contributed by atoms with Gasteiger partial charge in [0.2, 0.25) is 0 Å². The van der Waals surface area contributed by atoms with Gasteiger partial charge in [-0.3, -0.25) is 19.3 Å². The molecule has 30 heavy (non-hydrogen) atoms. The molecule has 0 atom stereocenters. The zero-order valence-corrected chi connectivity index (χ0v) is 15.2. The lowest BCUT2D eigenvalue weighted by atomic mass is 10.1. The van der Waals surface area contributed by atoms with E-state index >= 15 is 0 Å². The Kier molecular flexibility index (Phi) is 4.86. The average Bonchev–Trinajstić information content (AvgIpc) is 3.07. The van der Waals surface area contributed by atoms with Crippen LogP contribution in [0.3, 0.4) is 0 Å². The number of fused-ring (bicyclic) bond motifs is 1. The summed E-state index contributed by atoms with van der Waals surface area (Å²) >= 11 is 0. The van der Waals surface area contributed by atoms with E-state index in [1.165, 1.54) is 18.2 Å². The van der Waals surface area contributed by atoms with Crippen LogP contribution in [0.1, 0.15) is 17.1 Å². The number of nitrogens with zero attached hydrogens (tertiary/aromatic N) is 3. The first-order chi connectivity index (χ1) is 14.3. The Bertz CT molecular complexity index is 1310. The molecule has 2 N–H and O–H groups in total. The number of nitrogens with one attached hydrogen (secondary N) is 2. The predicted molar refractivity (Wildman–Crippen MR) is 100 cm³/mol. The number of H-pyrrole nitrogens is 2. The van der Waals surface area contributed by atoms with Crippen LogP contribution in [0.4, 0.5) is 13.2 Å². The monoisotopic (exact) mass is 417 g/mol. The van der Waals surface area contributed by atoms with E-state index in [9.17, 15) is 22.8 Å². The molecule has 11 heteroatoms. The maximum Gasteiger partial charge on any atom is 0.573 e. The van der Waals surface area contributed by atoms with Crippen LogP contribution in [0.15, 0.2) is 58.3 Å². The highest BCUT2D eigenvalue weighted by Gasteiger charge is 2.31. The number of hydrogen-bond acceptors (Lipinski definition) is 5. The molecule has 0 radical (unpaired) electrons. The smallest absolute Gasteiger partial charge is 0.406 e. The number of benzene rings is 1. The van der Waals surface area contributed by atoms with Gasteiger partial charge in [0.15, 0.2) is 5.65 Å². The Morgan fingerprint density at radius 1 is 1.07 bits per heavy atom. The largest absolute Gasteiger partial charge is 0.573 e. The molecular formula is C19H14F3N5O3. The lowest BCUT2D eigenvalue weighted by Crippen LogP contribution is -2.35. The molecule has 8 nitrogen and oxygen atoms in total. The molecule has 0 saturated carbocycles. The van der Waals surface area contributed by atoms with E-state index in [-0.39, 0.29) is 29.9 Å². The fraction of sp³-hybridized carbons (Fsp3) is 0.158. The second-order valence-electron chi connectivity index (χ2n) is 6.42. The molecule has 0 saturated heterocycles. The van der Waals surface area contributed by atoms with Crippen molar-refractivity contribution in [3.63, 3.8) is 0 Å². The highest BCUT2D eigenvalue weighted by atomic mass is 19.4. The number of rotatable bonds is 5. The first-order valence-electron chi connectivity index (χ1n) is 8.75. The van der Waals surface area contributed by atoms with Crippen molar-refractivity contribution in [2.75, 3.05) is 0 Å². The number of halogens is 3. The molecule has 0 spiro atoms. The highest BCUT2D eigenvalue weighted by molar-refractivity contribution is 5.69. The highest BCUT2D eigenvalue weighted by Crippen LogP contribution is 2.24. The second kappa shape index (κ2) is 7.50. The van der Waals surface area contributed by atoms with Crippen LogP contribution in [0, 0.1) is 0 Å². The van der Waals surface area contributed by atoms with Crippen molar-refractivity contribution in [2.45, 2.75) is 19.3 Å². The SMILES string of the molecule is O=c1[nH]c2nc(Cc3cccc(OC(F)(F)F)c3)[nH]c2c(=O)n1Cc1ccccn1. The molecule has 4 rings (SSSR count). The lowest BCUT2D eigenvalue weighted by molar-refractivity contribution is -0.274. The number of hydrogen-bond donors (Lipinski definition) is 2. The number of pyridine rings is 1. The zero-order valence-electron chi connectivity index (χ0n) is 15.2. The fourth-order valence-electron chi connectivity index (χ4n) is 2.99. The average molecular weight is 417 g/mol. The van der Waals surface area contributed by atoms with Gasteiger partial charge in [0.05, 0.1) is 12.2 Å². The zero-order chi connectivity index (χ0) is 21.3. The van der Waals surface area contributed by atoms with E-state index in [2.05, 4.69) is 24.7 Å². The van der Waals surface area contributed by atoms with E-state index < -0.39 is 17.6 Å². The van der Waals surface area contributed by atoms with Gasteiger partial charge in [0.1, 0.15) is 17.1 Å². The first-order valence-corrected chi connectivity index (χ1v) is 8.75. The molecule has 0 aliphatic heterocycles. The maximum absolute atomic E-state index is 12.7. The van der Waals surface area contributed by atoms with Crippen molar-refractivity contribution in [2.24, 2.45) is 0 Å². The van der Waals surface area contributed by atoms with E-state index in [4.69, 9.17) is 0 Å². The molecule has 0 unspecified atom stereocenters. The molecule has 0 aliphatic rings. The van der Waals surface area contributed by atoms with Crippen molar-refractivity contribution in [3.05, 3.63) is 86.6 Å². The molecule has 0 fully saturated rings. The number of aromatic nitrogens is 5. The second-order valence-corrected chi connectivity index (χ2v) is 6.42. The third-order valence-electron chi connectivity index (χ3n) is 4.23. The molecular weight excluding hydrogens is 403 g/mol. The minimum Gasteiger partial charge on any atom is -0.406 e. The molecule has 1 aromatic carbocycles. The van der Waals surface area contributed by atoms with Crippen LogP contribution in [0.25, 0.3) is 11.2 Å². The minimum atomic E-state index is -4.80. The Hall–Kier alpha value is -3.89. The van der Waals surface area contributed by atoms with Gasteiger partial charge in [-0.25, -0.2) is 9.78 Å². The number of alkyl halides is 3. The normalized spacial score (nSPS) is 11.7. The van der Waals surface area contributed by atoms with Gasteiger partial charge in [-0.1, -0.05) is 18.2 Å². The summed E-state index contributed by atoms with van der Waals surface area (Å²) in [5, 5.41) is 0. The van der Waals surface area contributed by atoms with Crippen LogP contribution in [-0.2, 0) is 13.0 Å². The fourth-order valence-corrected chi connectivity index (χ4v) is 2.99. The number of ether oxygens (including phenoxy) is 1. The lowest BCUT2D eigenvalue weighted by Gasteiger charge is -2.09. The minimum absolute atomic E-state index is 0.0177. The quantitative estimate of drug-likeness (QED) is 0.519. The molecule has 154 valence electrons. The van der Waals surface area contributed by atoms with Gasteiger partial charge >= 0.3 is 12.1 Å². The van der Waals surface area contributed by atoms with Crippen molar-refractivity contribution >= 4 is 11.2 Å². The van der Waals surface area contributed by atoms with E-state index in [0.717, 1.165) is 4.57 Å². The van der Waals surface area contributed by atoms with Crippen LogP contribution < -0.4 is 16.0 Å². The molecule has 3 heterocycles. The van der Waals surface area contributed by atoms with E-state index in [1.807, 2.05) is 0 Å². The Morgan fingerprint density at radius 2 is 1.90 bits per heavy atom. The van der Waals surface area contributed by atoms with Crippen molar-refractivity contribution in [1.82, 2.24) is 24.5 Å². The van der Waals surface area contributed by atoms with Gasteiger partial charge in [-0.15, -0.1) is 13.2 Å². The molecule has 3 aromatic heterocycles. The van der Waals surface area contributed by atoms with Gasteiger partial charge in [0, 0.05) is 12.6 Å². The van der Waals surface area contributed by atoms with Crippen LogP contribution >= 0.6 is 0 Å². The standard InChI is InChI=1S/C19H14F3N5O3/c20-19(21,22)30-13-6-3-4-11(8-13)9-14-24-15-16(25-14)26-18(29)27(17(15)28)10-12-5-1-2-7-23-12/h1-8H,9-10H2,(H,24,25)(H,26,29). The summed E-state index contributed by atoms with van der Waals surface area (Å²) in [6.07, 6.45) is -3.14. The number of imidazole rings is 1. The Balaban J connectivity index is 1.64. The van der Waals surface area contributed by atoms with Crippen LogP contribution in [0.5, 0.6) is 5.75 Å². The molecule has 0 amide bonds. The molecule has 0 bridgehead atoms. The molecule has 0 aliphatic carbocycles. The predicted octanol–water partition coefficient (Wildman–Crippen LogP) is 2.35. The summed E-state index contributed by atoms with van der Waals surface area (Å²) in [5.74, 6) is -0.0558. The Morgan fingerprint density at radius 3 is 2.63 bits per heavy atom. The van der Waals surface area contributed by atoms with Gasteiger partial charge in [-0.2, -0.15) is 0 Å². The van der Waals surface area contributed by atoms with Crippen molar-refractivity contribution in [1.29, 1.82) is 0 Å². The summed E-state index contributed by atoms with van der Waals surface area (Å²) in [6.45, 7) is -0.0177. The Labute approximate surface area is 166 Å². The van der Waals surface area contributed by atoms with Gasteiger partial charge < -0.3 is 9.72 Å². The van der Waals surface area contributed by atoms with E-state index in [0.29, 0.717) is 17.1 Å². The van der Waals surface area contributed by atoms with Crippen LogP contribution in [-0.4, -0.2) is 30.9 Å². The summed E-state index contributed by atoms with van der Waals surface area (Å²) in [4.78, 5) is 38.7. The summed E-state index contributed by atoms with van der Waals surface area (Å²) in [6, 6.07) is 10.6.